The molecule has 0 aliphatic heterocycles. The van der Waals surface area contributed by atoms with Crippen molar-refractivity contribution in [3.05, 3.63) is 131 Å². The van der Waals surface area contributed by atoms with Gasteiger partial charge in [-0.05, 0) is 79.2 Å². The first kappa shape index (κ1) is 31.2. The number of benzene rings is 3. The van der Waals surface area contributed by atoms with Crippen LogP contribution in [0.15, 0.2) is 85.2 Å². The van der Waals surface area contributed by atoms with E-state index in [4.69, 9.17) is 0 Å². The van der Waals surface area contributed by atoms with E-state index in [0.717, 1.165) is 22.5 Å². The van der Waals surface area contributed by atoms with Crippen LogP contribution < -0.4 is 0 Å². The molecule has 0 aliphatic rings. The molecule has 0 fully saturated rings. The van der Waals surface area contributed by atoms with Gasteiger partial charge in [0.15, 0.2) is 0 Å². The quantitative estimate of drug-likeness (QED) is 0.175. The number of hydrogen-bond acceptors (Lipinski definition) is 2. The maximum absolute atomic E-state index is 4.55. The van der Waals surface area contributed by atoms with E-state index in [0.29, 0.717) is 0 Å². The Morgan fingerprint density at radius 2 is 1.25 bits per heavy atom. The van der Waals surface area contributed by atoms with Crippen LogP contribution in [-0.2, 0) is 26.5 Å². The van der Waals surface area contributed by atoms with Gasteiger partial charge in [0.05, 0.1) is 0 Å². The van der Waals surface area contributed by atoms with Crippen LogP contribution in [0, 0.1) is 46.8 Å². The molecule has 0 atom stereocenters. The summed E-state index contributed by atoms with van der Waals surface area (Å²) < 4.78 is 0. The van der Waals surface area contributed by atoms with Crippen LogP contribution in [0.5, 0.6) is 0 Å². The Labute approximate surface area is 255 Å². The Kier molecular flexibility index (Phi) is 10.4. The molecule has 2 heterocycles. The van der Waals surface area contributed by atoms with Crippen LogP contribution >= 0.6 is 0 Å². The second kappa shape index (κ2) is 13.3. The molecule has 0 aliphatic carbocycles. The molecule has 0 N–H and O–H groups in total. The van der Waals surface area contributed by atoms with Crippen molar-refractivity contribution in [3.63, 3.8) is 0 Å². The van der Waals surface area contributed by atoms with Crippen molar-refractivity contribution in [2.24, 2.45) is 0 Å². The van der Waals surface area contributed by atoms with E-state index < -0.39 is 0 Å². The normalized spacial score (nSPS) is 10.8. The molecule has 40 heavy (non-hydrogen) atoms. The minimum Gasteiger partial charge on any atom is -0.304 e. The first-order valence-corrected chi connectivity index (χ1v) is 13.5. The van der Waals surface area contributed by atoms with Gasteiger partial charge >= 0.3 is 21.1 Å². The third-order valence-corrected chi connectivity index (χ3v) is 7.08. The Bertz CT molecular complexity index is 1580. The molecule has 0 saturated heterocycles. The molecule has 0 radical (unpaired) electrons. The summed E-state index contributed by atoms with van der Waals surface area (Å²) in [4.78, 5) is 9.05. The Hall–Kier alpha value is -3.35. The molecule has 206 valence electrons. The van der Waals surface area contributed by atoms with Crippen LogP contribution in [-0.4, -0.2) is 9.97 Å². The van der Waals surface area contributed by atoms with Crippen molar-refractivity contribution in [1.82, 2.24) is 9.97 Å². The van der Waals surface area contributed by atoms with Gasteiger partial charge in [0.1, 0.15) is 0 Å². The molecule has 2 aromatic heterocycles. The maximum atomic E-state index is 4.55. The molecule has 0 bridgehead atoms. The van der Waals surface area contributed by atoms with E-state index >= 15 is 0 Å². The summed E-state index contributed by atoms with van der Waals surface area (Å²) >= 11 is 0. The van der Waals surface area contributed by atoms with Crippen molar-refractivity contribution in [1.29, 1.82) is 0 Å². The molecule has 2 nitrogen and oxygen atoms in total. The Balaban J connectivity index is 0.000000218. The zero-order valence-corrected chi connectivity index (χ0v) is 27.1. The summed E-state index contributed by atoms with van der Waals surface area (Å²) in [6, 6.07) is 31.7. The number of aryl methyl sites for hydroxylation is 5. The van der Waals surface area contributed by atoms with Crippen molar-refractivity contribution < 1.29 is 21.1 Å². The van der Waals surface area contributed by atoms with Crippen LogP contribution in [0.3, 0.4) is 0 Å². The molecule has 5 aromatic rings. The zero-order valence-electron chi connectivity index (χ0n) is 24.8. The van der Waals surface area contributed by atoms with Crippen molar-refractivity contribution in [3.8, 4) is 33.6 Å². The van der Waals surface area contributed by atoms with Gasteiger partial charge in [-0.2, -0.15) is 0 Å². The van der Waals surface area contributed by atoms with Gasteiger partial charge in [0, 0.05) is 12.4 Å². The van der Waals surface area contributed by atoms with E-state index in [1.807, 2.05) is 42.7 Å². The molecule has 0 amide bonds. The van der Waals surface area contributed by atoms with E-state index in [2.05, 4.69) is 120 Å². The average molecular weight is 706 g/mol. The summed E-state index contributed by atoms with van der Waals surface area (Å²) in [5, 5.41) is 0. The molecule has 0 unspecified atom stereocenters. The van der Waals surface area contributed by atoms with Gasteiger partial charge in [0.2, 0.25) is 0 Å². The minimum atomic E-state index is 0. The number of pyridine rings is 2. The maximum Gasteiger partial charge on any atom is 2.00 e. The number of hydrogen-bond donors (Lipinski definition) is 0. The largest absolute Gasteiger partial charge is 2.00 e. The second-order valence-corrected chi connectivity index (χ2v) is 11.4. The standard InChI is InChI=1S/C20H18N.C17H20N.Pt/c1-14-9-10-18(15(2)11-14)19-12-20(21-13-16(19)3)17-7-5-4-6-8-17;1-12-9-16(18-11-13(12)2)14-7-6-8-15(10-14)17(3,4)5;/h4-7,9-13H,1-3H3;6,8-11H,1-5H3;/q2*-1;+2. The minimum absolute atomic E-state index is 0. The van der Waals surface area contributed by atoms with Crippen molar-refractivity contribution in [2.75, 3.05) is 0 Å². The zero-order chi connectivity index (χ0) is 28.2. The topological polar surface area (TPSA) is 25.8 Å². The van der Waals surface area contributed by atoms with Gasteiger partial charge in [-0.3, -0.25) is 0 Å². The smallest absolute Gasteiger partial charge is 0.304 e. The van der Waals surface area contributed by atoms with Gasteiger partial charge in [-0.1, -0.05) is 62.2 Å². The van der Waals surface area contributed by atoms with Crippen LogP contribution in [0.4, 0.5) is 0 Å². The molecule has 0 spiro atoms. The summed E-state index contributed by atoms with van der Waals surface area (Å²) in [5.41, 5.74) is 14.4. The van der Waals surface area contributed by atoms with Crippen LogP contribution in [0.25, 0.3) is 33.6 Å². The predicted octanol–water partition coefficient (Wildman–Crippen LogP) is 9.60. The van der Waals surface area contributed by atoms with Gasteiger partial charge < -0.3 is 9.97 Å². The van der Waals surface area contributed by atoms with Crippen LogP contribution in [0.1, 0.15) is 54.2 Å². The fraction of sp³-hybridized carbons (Fsp3) is 0.243. The molecule has 0 saturated carbocycles. The van der Waals surface area contributed by atoms with E-state index in [9.17, 15) is 0 Å². The fourth-order valence-corrected chi connectivity index (χ4v) is 4.48. The number of nitrogens with zero attached hydrogens (tertiary/aromatic N) is 2. The van der Waals surface area contributed by atoms with Crippen molar-refractivity contribution in [2.45, 2.75) is 60.8 Å². The van der Waals surface area contributed by atoms with E-state index in [1.54, 1.807) is 0 Å². The molecular weight excluding hydrogens is 667 g/mol. The monoisotopic (exact) mass is 705 g/mol. The van der Waals surface area contributed by atoms with E-state index in [-0.39, 0.29) is 26.5 Å². The second-order valence-electron chi connectivity index (χ2n) is 11.4. The molecular formula is C37H38N2Pt. The molecule has 5 rings (SSSR count). The van der Waals surface area contributed by atoms with Gasteiger partial charge in [0.25, 0.3) is 0 Å². The first-order valence-electron chi connectivity index (χ1n) is 13.5. The molecule has 3 aromatic carbocycles. The van der Waals surface area contributed by atoms with E-state index in [1.165, 1.54) is 44.5 Å². The summed E-state index contributed by atoms with van der Waals surface area (Å²) in [6.07, 6.45) is 3.88. The number of rotatable bonds is 3. The third kappa shape index (κ3) is 7.64. The first-order chi connectivity index (χ1) is 18.5. The third-order valence-electron chi connectivity index (χ3n) is 7.08. The average Bonchev–Trinajstić information content (AvgIpc) is 2.91. The van der Waals surface area contributed by atoms with Crippen molar-refractivity contribution >= 4 is 0 Å². The van der Waals surface area contributed by atoms with Gasteiger partial charge in [-0.15, -0.1) is 71.3 Å². The SMILES string of the molecule is Cc1ccc(-c2cc(-c3[c-]cccc3)ncc2C)c(C)c1.Cc1cnc(-c2[c-]ccc(C(C)(C)C)c2)cc1C.[Pt+2]. The summed E-state index contributed by atoms with van der Waals surface area (Å²) in [6.45, 7) is 17.3. The predicted molar refractivity (Wildman–Crippen MR) is 165 cm³/mol. The fourth-order valence-electron chi connectivity index (χ4n) is 4.48. The Morgan fingerprint density at radius 1 is 0.575 bits per heavy atom. The molecule has 3 heteroatoms. The Morgan fingerprint density at radius 3 is 1.88 bits per heavy atom. The summed E-state index contributed by atoms with van der Waals surface area (Å²) in [7, 11) is 0. The summed E-state index contributed by atoms with van der Waals surface area (Å²) in [5.74, 6) is 0. The van der Waals surface area contributed by atoms with Gasteiger partial charge in [-0.25, -0.2) is 0 Å². The van der Waals surface area contributed by atoms with Crippen LogP contribution in [0.2, 0.25) is 0 Å². The number of aromatic nitrogens is 2.